The highest BCUT2D eigenvalue weighted by molar-refractivity contribution is 14.0. The lowest BCUT2D eigenvalue weighted by Gasteiger charge is -2.20. The molecule has 0 amide bonds. The molecule has 96 valence electrons. The molecule has 1 aliphatic rings. The minimum absolute atomic E-state index is 0. The summed E-state index contributed by atoms with van der Waals surface area (Å²) in [7, 11) is 0. The summed E-state index contributed by atoms with van der Waals surface area (Å²) in [5.41, 5.74) is 0. The highest BCUT2D eigenvalue weighted by Gasteiger charge is 2.20. The van der Waals surface area contributed by atoms with Gasteiger partial charge in [0.1, 0.15) is 0 Å². The second kappa shape index (κ2) is 8.14. The Morgan fingerprint density at radius 1 is 1.31 bits per heavy atom. The molecule has 1 unspecified atom stereocenters. The zero-order valence-corrected chi connectivity index (χ0v) is 13.2. The van der Waals surface area contributed by atoms with E-state index in [1.54, 1.807) is 0 Å². The topological polar surface area (TPSA) is 36.4 Å². The first-order valence-corrected chi connectivity index (χ1v) is 6.18. The fourth-order valence-electron chi connectivity index (χ4n) is 1.22. The van der Waals surface area contributed by atoms with Crippen LogP contribution in [-0.4, -0.2) is 25.1 Å². The van der Waals surface area contributed by atoms with Gasteiger partial charge in [0, 0.05) is 19.1 Å². The second-order valence-corrected chi connectivity index (χ2v) is 4.84. The second-order valence-electron chi connectivity index (χ2n) is 4.84. The van der Waals surface area contributed by atoms with E-state index in [0.29, 0.717) is 12.0 Å². The summed E-state index contributed by atoms with van der Waals surface area (Å²) < 4.78 is 0. The Morgan fingerprint density at radius 2 is 1.94 bits per heavy atom. The van der Waals surface area contributed by atoms with Crippen LogP contribution < -0.4 is 10.6 Å². The van der Waals surface area contributed by atoms with Gasteiger partial charge in [-0.1, -0.05) is 13.8 Å². The number of rotatable bonds is 5. The molecule has 16 heavy (non-hydrogen) atoms. The first-order chi connectivity index (χ1) is 7.13. The van der Waals surface area contributed by atoms with E-state index < -0.39 is 0 Å². The van der Waals surface area contributed by atoms with Crippen LogP contribution in [0.25, 0.3) is 0 Å². The van der Waals surface area contributed by atoms with Crippen LogP contribution in [-0.2, 0) is 0 Å². The van der Waals surface area contributed by atoms with Gasteiger partial charge in [0.05, 0.1) is 0 Å². The standard InChI is InChI=1S/C12H25N3.HI/c1-5-13-12(14-8-11-6-7-11)15-10(4)9(2)3;/h9-11H,5-8H2,1-4H3,(H2,13,14,15);1H. The van der Waals surface area contributed by atoms with E-state index in [9.17, 15) is 0 Å². The predicted octanol–water partition coefficient (Wildman–Crippen LogP) is 2.61. The van der Waals surface area contributed by atoms with Crippen LogP contribution >= 0.6 is 24.0 Å². The van der Waals surface area contributed by atoms with Crippen molar-refractivity contribution in [3.05, 3.63) is 0 Å². The third-order valence-electron chi connectivity index (χ3n) is 2.91. The Labute approximate surface area is 117 Å². The summed E-state index contributed by atoms with van der Waals surface area (Å²) in [6, 6.07) is 0.474. The van der Waals surface area contributed by atoms with Crippen LogP contribution in [0, 0.1) is 11.8 Å². The molecule has 1 fully saturated rings. The molecule has 1 aliphatic carbocycles. The van der Waals surface area contributed by atoms with Crippen molar-refractivity contribution in [2.75, 3.05) is 13.1 Å². The minimum atomic E-state index is 0. The SMILES string of the molecule is CCNC(=NCC1CC1)NC(C)C(C)C.I. The van der Waals surface area contributed by atoms with Gasteiger partial charge in [-0.3, -0.25) is 4.99 Å². The molecule has 4 heteroatoms. The van der Waals surface area contributed by atoms with E-state index in [1.165, 1.54) is 12.8 Å². The molecule has 0 saturated heterocycles. The quantitative estimate of drug-likeness (QED) is 0.459. The van der Waals surface area contributed by atoms with Gasteiger partial charge in [-0.25, -0.2) is 0 Å². The molecule has 0 bridgehead atoms. The smallest absolute Gasteiger partial charge is 0.191 e. The van der Waals surface area contributed by atoms with E-state index in [4.69, 9.17) is 0 Å². The number of nitrogens with zero attached hydrogens (tertiary/aromatic N) is 1. The fourth-order valence-corrected chi connectivity index (χ4v) is 1.22. The largest absolute Gasteiger partial charge is 0.357 e. The average Bonchev–Trinajstić information content (AvgIpc) is 2.97. The van der Waals surface area contributed by atoms with Gasteiger partial charge in [0.25, 0.3) is 0 Å². The number of aliphatic imine (C=N–C) groups is 1. The lowest BCUT2D eigenvalue weighted by molar-refractivity contribution is 0.480. The Balaban J connectivity index is 0.00000225. The number of halogens is 1. The molecule has 2 N–H and O–H groups in total. The maximum atomic E-state index is 4.59. The zero-order chi connectivity index (χ0) is 11.3. The van der Waals surface area contributed by atoms with Crippen LogP contribution in [0.3, 0.4) is 0 Å². The predicted molar refractivity (Wildman–Crippen MR) is 81.6 cm³/mol. The van der Waals surface area contributed by atoms with Crippen LogP contribution in [0.5, 0.6) is 0 Å². The molecule has 1 rings (SSSR count). The van der Waals surface area contributed by atoms with Crippen LogP contribution in [0.15, 0.2) is 4.99 Å². The fraction of sp³-hybridized carbons (Fsp3) is 0.917. The third kappa shape index (κ3) is 6.55. The van der Waals surface area contributed by atoms with Crippen molar-refractivity contribution in [2.24, 2.45) is 16.8 Å². The summed E-state index contributed by atoms with van der Waals surface area (Å²) in [6.45, 7) is 10.7. The van der Waals surface area contributed by atoms with Crippen molar-refractivity contribution in [3.8, 4) is 0 Å². The maximum Gasteiger partial charge on any atom is 0.191 e. The molecule has 0 aromatic rings. The Bertz CT molecular complexity index is 212. The molecule has 0 radical (unpaired) electrons. The number of guanidine groups is 1. The molecular formula is C12H26IN3. The van der Waals surface area contributed by atoms with E-state index >= 15 is 0 Å². The maximum absolute atomic E-state index is 4.59. The van der Waals surface area contributed by atoms with E-state index in [1.807, 2.05) is 0 Å². The summed E-state index contributed by atoms with van der Waals surface area (Å²) in [5, 5.41) is 6.73. The Hall–Kier alpha value is 0. The number of hydrogen-bond acceptors (Lipinski definition) is 1. The van der Waals surface area contributed by atoms with Gasteiger partial charge in [0.15, 0.2) is 5.96 Å². The Kier molecular flexibility index (Phi) is 8.14. The lowest BCUT2D eigenvalue weighted by Crippen LogP contribution is -2.44. The summed E-state index contributed by atoms with van der Waals surface area (Å²) in [6.07, 6.45) is 2.73. The van der Waals surface area contributed by atoms with Gasteiger partial charge in [-0.15, -0.1) is 24.0 Å². The monoisotopic (exact) mass is 339 g/mol. The van der Waals surface area contributed by atoms with Gasteiger partial charge >= 0.3 is 0 Å². The molecule has 0 spiro atoms. The molecule has 0 aliphatic heterocycles. The Morgan fingerprint density at radius 3 is 2.38 bits per heavy atom. The number of hydrogen-bond donors (Lipinski definition) is 2. The van der Waals surface area contributed by atoms with Crippen LogP contribution in [0.2, 0.25) is 0 Å². The van der Waals surface area contributed by atoms with Crippen LogP contribution in [0.1, 0.15) is 40.5 Å². The van der Waals surface area contributed by atoms with Crippen molar-refractivity contribution in [3.63, 3.8) is 0 Å². The van der Waals surface area contributed by atoms with Crippen molar-refractivity contribution in [1.82, 2.24) is 10.6 Å². The van der Waals surface area contributed by atoms with Gasteiger partial charge in [-0.05, 0) is 38.5 Å². The molecule has 1 saturated carbocycles. The first-order valence-electron chi connectivity index (χ1n) is 6.18. The van der Waals surface area contributed by atoms with E-state index in [-0.39, 0.29) is 24.0 Å². The van der Waals surface area contributed by atoms with E-state index in [0.717, 1.165) is 25.0 Å². The van der Waals surface area contributed by atoms with Crippen molar-refractivity contribution in [2.45, 2.75) is 46.6 Å². The summed E-state index contributed by atoms with van der Waals surface area (Å²) in [5.74, 6) is 2.47. The molecule has 1 atom stereocenters. The van der Waals surface area contributed by atoms with Crippen molar-refractivity contribution >= 4 is 29.9 Å². The van der Waals surface area contributed by atoms with Crippen molar-refractivity contribution in [1.29, 1.82) is 0 Å². The average molecular weight is 339 g/mol. The van der Waals surface area contributed by atoms with E-state index in [2.05, 4.69) is 43.3 Å². The molecule has 0 aromatic heterocycles. The minimum Gasteiger partial charge on any atom is -0.357 e. The van der Waals surface area contributed by atoms with Crippen LogP contribution in [0.4, 0.5) is 0 Å². The van der Waals surface area contributed by atoms with Crippen molar-refractivity contribution < 1.29 is 0 Å². The highest BCUT2D eigenvalue weighted by Crippen LogP contribution is 2.28. The third-order valence-corrected chi connectivity index (χ3v) is 2.91. The summed E-state index contributed by atoms with van der Waals surface area (Å²) in [4.78, 5) is 4.59. The molecule has 0 aromatic carbocycles. The zero-order valence-electron chi connectivity index (χ0n) is 10.9. The molecule has 0 heterocycles. The first kappa shape index (κ1) is 16.0. The van der Waals surface area contributed by atoms with Gasteiger partial charge in [-0.2, -0.15) is 0 Å². The normalized spacial score (nSPS) is 17.9. The molecule has 3 nitrogen and oxygen atoms in total. The van der Waals surface area contributed by atoms with Gasteiger partial charge < -0.3 is 10.6 Å². The molecular weight excluding hydrogens is 313 g/mol. The summed E-state index contributed by atoms with van der Waals surface area (Å²) >= 11 is 0. The lowest BCUT2D eigenvalue weighted by atomic mass is 10.1. The number of nitrogens with one attached hydrogen (secondary N) is 2. The highest BCUT2D eigenvalue weighted by atomic mass is 127. The van der Waals surface area contributed by atoms with Gasteiger partial charge in [0.2, 0.25) is 0 Å².